The summed E-state index contributed by atoms with van der Waals surface area (Å²) in [4.78, 5) is 41.9. The molecule has 4 amide bonds. The second-order valence-electron chi connectivity index (χ2n) is 8.31. The summed E-state index contributed by atoms with van der Waals surface area (Å²) in [5.41, 5.74) is 1.04. The van der Waals surface area contributed by atoms with Gasteiger partial charge in [0.1, 0.15) is 0 Å². The molecule has 0 radical (unpaired) electrons. The Morgan fingerprint density at radius 3 is 2.24 bits per heavy atom. The number of hydrogen-bond acceptors (Lipinski definition) is 4. The highest BCUT2D eigenvalue weighted by Crippen LogP contribution is 2.33. The van der Waals surface area contributed by atoms with Gasteiger partial charge in [-0.2, -0.15) is 0 Å². The molecule has 3 aromatic rings. The Morgan fingerprint density at radius 2 is 1.59 bits per heavy atom. The van der Waals surface area contributed by atoms with E-state index >= 15 is 0 Å². The van der Waals surface area contributed by atoms with E-state index in [0.29, 0.717) is 22.7 Å². The lowest BCUT2D eigenvalue weighted by atomic mass is 9.83. The van der Waals surface area contributed by atoms with E-state index in [1.54, 1.807) is 36.2 Å². The molecular formula is C26H25ClN4O3. The van der Waals surface area contributed by atoms with Crippen LogP contribution in [-0.4, -0.2) is 47.9 Å². The van der Waals surface area contributed by atoms with Crippen LogP contribution in [0, 0.1) is 0 Å². The number of halogens is 1. The first-order valence-electron chi connectivity index (χ1n) is 10.8. The summed E-state index contributed by atoms with van der Waals surface area (Å²) < 4.78 is 0. The molecule has 7 nitrogen and oxygen atoms in total. The van der Waals surface area contributed by atoms with Gasteiger partial charge in [-0.25, -0.2) is 9.69 Å². The average Bonchev–Trinajstić information content (AvgIpc) is 3.06. The zero-order valence-corrected chi connectivity index (χ0v) is 19.5. The van der Waals surface area contributed by atoms with Crippen molar-refractivity contribution in [2.24, 2.45) is 0 Å². The van der Waals surface area contributed by atoms with Crippen LogP contribution in [0.1, 0.15) is 11.1 Å². The number of benzene rings is 3. The van der Waals surface area contributed by atoms with Crippen LogP contribution in [0.3, 0.4) is 0 Å². The fraction of sp³-hybridized carbons (Fsp3) is 0.192. The van der Waals surface area contributed by atoms with E-state index in [0.717, 1.165) is 10.5 Å². The van der Waals surface area contributed by atoms with Crippen LogP contribution in [0.25, 0.3) is 0 Å². The van der Waals surface area contributed by atoms with E-state index in [9.17, 15) is 14.4 Å². The summed E-state index contributed by atoms with van der Waals surface area (Å²) in [6.07, 6.45) is 0.319. The third-order valence-electron chi connectivity index (χ3n) is 5.68. The standard InChI is InChI=1S/C26H25ClN4O3/c1-30(17-23(32)28-22-14-12-21(27)13-15-22)18-31-24(33)26(29-25(31)34,20-10-6-3-7-11-20)16-19-8-4-2-5-9-19/h2-15H,16-18H2,1H3,(H,28,32)(H,29,34)/t26-/m1/s1. The van der Waals surface area contributed by atoms with Gasteiger partial charge in [-0.3, -0.25) is 14.5 Å². The first-order valence-corrected chi connectivity index (χ1v) is 11.2. The van der Waals surface area contributed by atoms with Gasteiger partial charge in [0.15, 0.2) is 5.54 Å². The molecule has 0 bridgehead atoms. The van der Waals surface area contributed by atoms with Crippen molar-refractivity contribution >= 4 is 35.1 Å². The molecule has 4 rings (SSSR count). The Morgan fingerprint density at radius 1 is 0.971 bits per heavy atom. The second-order valence-corrected chi connectivity index (χ2v) is 8.74. The molecule has 8 heteroatoms. The zero-order chi connectivity index (χ0) is 24.1. The number of nitrogens with zero attached hydrogens (tertiary/aromatic N) is 2. The van der Waals surface area contributed by atoms with Crippen LogP contribution in [0.5, 0.6) is 0 Å². The van der Waals surface area contributed by atoms with E-state index in [4.69, 9.17) is 11.6 Å². The summed E-state index contributed by atoms with van der Waals surface area (Å²) in [5.74, 6) is -0.618. The van der Waals surface area contributed by atoms with Gasteiger partial charge in [0.2, 0.25) is 5.91 Å². The van der Waals surface area contributed by atoms with Crippen molar-refractivity contribution in [2.45, 2.75) is 12.0 Å². The summed E-state index contributed by atoms with van der Waals surface area (Å²) in [7, 11) is 1.68. The molecule has 0 aliphatic carbocycles. The maximum absolute atomic E-state index is 13.7. The van der Waals surface area contributed by atoms with Crippen molar-refractivity contribution < 1.29 is 14.4 Å². The number of nitrogens with one attached hydrogen (secondary N) is 2. The summed E-state index contributed by atoms with van der Waals surface area (Å²) in [6.45, 7) is -0.0290. The number of likely N-dealkylation sites (N-methyl/N-ethyl adjacent to an activating group) is 1. The minimum Gasteiger partial charge on any atom is -0.325 e. The van der Waals surface area contributed by atoms with E-state index in [1.165, 1.54) is 0 Å². The van der Waals surface area contributed by atoms with Gasteiger partial charge in [-0.15, -0.1) is 0 Å². The van der Waals surface area contributed by atoms with E-state index in [2.05, 4.69) is 10.6 Å². The topological polar surface area (TPSA) is 81.8 Å². The van der Waals surface area contributed by atoms with Crippen LogP contribution in [0.2, 0.25) is 5.02 Å². The van der Waals surface area contributed by atoms with E-state index in [-0.39, 0.29) is 25.0 Å². The lowest BCUT2D eigenvalue weighted by molar-refractivity contribution is -0.133. The smallest absolute Gasteiger partial charge is 0.325 e. The molecule has 0 unspecified atom stereocenters. The van der Waals surface area contributed by atoms with Gasteiger partial charge in [0.25, 0.3) is 5.91 Å². The van der Waals surface area contributed by atoms with Crippen molar-refractivity contribution in [3.63, 3.8) is 0 Å². The molecule has 1 aliphatic rings. The quantitative estimate of drug-likeness (QED) is 0.484. The molecule has 1 fully saturated rings. The largest absolute Gasteiger partial charge is 0.326 e. The third-order valence-corrected chi connectivity index (χ3v) is 5.93. The van der Waals surface area contributed by atoms with Crippen molar-refractivity contribution in [1.82, 2.24) is 15.1 Å². The molecule has 1 aliphatic heterocycles. The predicted octanol–water partition coefficient (Wildman–Crippen LogP) is 3.86. The monoisotopic (exact) mass is 476 g/mol. The molecule has 0 aromatic heterocycles. The molecule has 0 saturated carbocycles. The highest BCUT2D eigenvalue weighted by atomic mass is 35.5. The van der Waals surface area contributed by atoms with Gasteiger partial charge in [0, 0.05) is 17.1 Å². The van der Waals surface area contributed by atoms with Crippen LogP contribution >= 0.6 is 11.6 Å². The normalized spacial score (nSPS) is 17.7. The zero-order valence-electron chi connectivity index (χ0n) is 18.7. The Labute approximate surface area is 203 Å². The number of anilines is 1. The average molecular weight is 477 g/mol. The van der Waals surface area contributed by atoms with Crippen LogP contribution in [0.4, 0.5) is 10.5 Å². The number of carbonyl (C=O) groups excluding carboxylic acids is 3. The van der Waals surface area contributed by atoms with Crippen molar-refractivity contribution in [3.8, 4) is 0 Å². The fourth-order valence-electron chi connectivity index (χ4n) is 4.07. The minimum atomic E-state index is -1.22. The van der Waals surface area contributed by atoms with Crippen molar-refractivity contribution in [1.29, 1.82) is 0 Å². The molecule has 3 aromatic carbocycles. The lowest BCUT2D eigenvalue weighted by Crippen LogP contribution is -2.47. The Kier molecular flexibility index (Phi) is 6.95. The lowest BCUT2D eigenvalue weighted by Gasteiger charge is -2.28. The van der Waals surface area contributed by atoms with Gasteiger partial charge < -0.3 is 10.6 Å². The number of hydrogen-bond donors (Lipinski definition) is 2. The fourth-order valence-corrected chi connectivity index (χ4v) is 4.19. The second kappa shape index (κ2) is 10.1. The molecular weight excluding hydrogens is 452 g/mol. The molecule has 34 heavy (non-hydrogen) atoms. The number of imide groups is 1. The van der Waals surface area contributed by atoms with Gasteiger partial charge in [-0.1, -0.05) is 72.3 Å². The maximum Gasteiger partial charge on any atom is 0.326 e. The van der Waals surface area contributed by atoms with Crippen molar-refractivity contribution in [3.05, 3.63) is 101 Å². The molecule has 0 spiro atoms. The van der Waals surface area contributed by atoms with E-state index < -0.39 is 11.6 Å². The SMILES string of the molecule is CN(CC(=O)Nc1ccc(Cl)cc1)CN1C(=O)N[C@](Cc2ccccc2)(c2ccccc2)C1=O. The summed E-state index contributed by atoms with van der Waals surface area (Å²) >= 11 is 5.88. The molecule has 174 valence electrons. The Bertz CT molecular complexity index is 1170. The maximum atomic E-state index is 13.7. The number of carbonyl (C=O) groups is 3. The van der Waals surface area contributed by atoms with Gasteiger partial charge in [0.05, 0.1) is 13.2 Å². The molecule has 1 heterocycles. The summed E-state index contributed by atoms with van der Waals surface area (Å²) in [5, 5.41) is 6.29. The first kappa shape index (κ1) is 23.5. The minimum absolute atomic E-state index is 0.00327. The Hall–Kier alpha value is -3.68. The third kappa shape index (κ3) is 5.11. The van der Waals surface area contributed by atoms with Crippen LogP contribution in [-0.2, 0) is 21.5 Å². The predicted molar refractivity (Wildman–Crippen MR) is 131 cm³/mol. The van der Waals surface area contributed by atoms with E-state index in [1.807, 2.05) is 60.7 Å². The number of rotatable bonds is 8. The van der Waals surface area contributed by atoms with Crippen LogP contribution in [0.15, 0.2) is 84.9 Å². The highest BCUT2D eigenvalue weighted by Gasteiger charge is 2.52. The van der Waals surface area contributed by atoms with Crippen molar-refractivity contribution in [2.75, 3.05) is 25.6 Å². The van der Waals surface area contributed by atoms with Gasteiger partial charge in [-0.05, 0) is 42.4 Å². The first-order chi connectivity index (χ1) is 16.4. The molecule has 1 saturated heterocycles. The Balaban J connectivity index is 1.49. The summed E-state index contributed by atoms with van der Waals surface area (Å²) in [6, 6.07) is 25.1. The number of urea groups is 1. The highest BCUT2D eigenvalue weighted by molar-refractivity contribution is 6.30. The number of amides is 4. The molecule has 2 N–H and O–H groups in total. The van der Waals surface area contributed by atoms with Crippen LogP contribution < -0.4 is 10.6 Å². The van der Waals surface area contributed by atoms with Gasteiger partial charge >= 0.3 is 6.03 Å². The molecule has 1 atom stereocenters.